The van der Waals surface area contributed by atoms with Crippen LogP contribution in [0.3, 0.4) is 0 Å². The first-order valence-electron chi connectivity index (χ1n) is 8.21. The number of hydrogen-bond acceptors (Lipinski definition) is 6. The van der Waals surface area contributed by atoms with Crippen LogP contribution in [0.5, 0.6) is 0 Å². The third-order valence-electron chi connectivity index (χ3n) is 3.75. The van der Waals surface area contributed by atoms with Crippen LogP contribution in [0.4, 0.5) is 5.69 Å². The van der Waals surface area contributed by atoms with Gasteiger partial charge in [-0.1, -0.05) is 23.9 Å². The molecule has 2 heterocycles. The van der Waals surface area contributed by atoms with Crippen LogP contribution in [-0.2, 0) is 11.3 Å². The van der Waals surface area contributed by atoms with E-state index in [0.717, 1.165) is 0 Å². The Balaban J connectivity index is 1.66. The fourth-order valence-corrected chi connectivity index (χ4v) is 3.07. The number of anilines is 1. The average Bonchev–Trinajstić information content (AvgIpc) is 3.24. The first kappa shape index (κ1) is 18.7. The van der Waals surface area contributed by atoms with Gasteiger partial charge in [0.25, 0.3) is 5.91 Å². The van der Waals surface area contributed by atoms with E-state index in [-0.39, 0.29) is 24.1 Å². The molecule has 0 aliphatic rings. The molecule has 1 aromatic carbocycles. The van der Waals surface area contributed by atoms with Gasteiger partial charge < -0.3 is 14.6 Å². The summed E-state index contributed by atoms with van der Waals surface area (Å²) in [5.74, 6) is 0.395. The first-order chi connectivity index (χ1) is 13.1. The summed E-state index contributed by atoms with van der Waals surface area (Å²) in [7, 11) is 1.65. The summed E-state index contributed by atoms with van der Waals surface area (Å²) in [6.45, 7) is 0.277. The molecule has 0 saturated heterocycles. The number of hydrogen-bond donors (Lipinski definition) is 1. The third kappa shape index (κ3) is 4.95. The number of amides is 2. The molecule has 138 valence electrons. The Morgan fingerprint density at radius 3 is 2.63 bits per heavy atom. The molecule has 0 atom stereocenters. The Kier molecular flexibility index (Phi) is 6.22. The Bertz CT molecular complexity index is 900. The number of aromatic nitrogens is 2. The van der Waals surface area contributed by atoms with Crippen molar-refractivity contribution in [3.05, 3.63) is 72.4 Å². The molecule has 2 amide bonds. The predicted molar refractivity (Wildman–Crippen MR) is 102 cm³/mol. The molecule has 0 aliphatic carbocycles. The lowest BCUT2D eigenvalue weighted by atomic mass is 10.1. The normalized spacial score (nSPS) is 10.4. The van der Waals surface area contributed by atoms with E-state index >= 15 is 0 Å². The molecule has 27 heavy (non-hydrogen) atoms. The molecule has 7 nitrogen and oxygen atoms in total. The van der Waals surface area contributed by atoms with Crippen LogP contribution in [0.1, 0.15) is 16.1 Å². The molecular formula is C19H18N4O3S. The van der Waals surface area contributed by atoms with Gasteiger partial charge >= 0.3 is 0 Å². The van der Waals surface area contributed by atoms with Crippen LogP contribution >= 0.6 is 11.8 Å². The number of para-hydroxylation sites is 1. The maximum absolute atomic E-state index is 12.6. The van der Waals surface area contributed by atoms with E-state index in [1.54, 1.807) is 68.2 Å². The summed E-state index contributed by atoms with van der Waals surface area (Å²) in [5, 5.41) is 3.33. The minimum atomic E-state index is -0.277. The van der Waals surface area contributed by atoms with Crippen LogP contribution < -0.4 is 10.2 Å². The van der Waals surface area contributed by atoms with E-state index < -0.39 is 0 Å². The van der Waals surface area contributed by atoms with Crippen molar-refractivity contribution in [1.29, 1.82) is 0 Å². The molecular weight excluding hydrogens is 364 g/mol. The number of furan rings is 1. The lowest BCUT2D eigenvalue weighted by Gasteiger charge is -2.20. The van der Waals surface area contributed by atoms with E-state index in [4.69, 9.17) is 4.42 Å². The summed E-state index contributed by atoms with van der Waals surface area (Å²) < 4.78 is 5.22. The molecule has 0 bridgehead atoms. The molecule has 0 unspecified atom stereocenters. The standard InChI is InChI=1S/C19H18N4O3S/c1-23(17(24)13-27-19-20-9-5-10-21-19)16-8-3-2-7-15(16)18(25)22-12-14-6-4-11-26-14/h2-11H,12-13H2,1H3,(H,22,25). The number of rotatable bonds is 7. The summed E-state index contributed by atoms with van der Waals surface area (Å²) >= 11 is 1.25. The zero-order chi connectivity index (χ0) is 19.1. The number of thioether (sulfide) groups is 1. The fraction of sp³-hybridized carbons (Fsp3) is 0.158. The van der Waals surface area contributed by atoms with E-state index in [0.29, 0.717) is 22.2 Å². The second kappa shape index (κ2) is 9.00. The topological polar surface area (TPSA) is 88.3 Å². The summed E-state index contributed by atoms with van der Waals surface area (Å²) in [6, 6.07) is 12.2. The Hall–Kier alpha value is -3.13. The van der Waals surface area contributed by atoms with E-state index in [2.05, 4.69) is 15.3 Å². The Morgan fingerprint density at radius 2 is 1.89 bits per heavy atom. The van der Waals surface area contributed by atoms with E-state index in [1.807, 2.05) is 0 Å². The molecule has 3 aromatic rings. The first-order valence-corrected chi connectivity index (χ1v) is 9.19. The van der Waals surface area contributed by atoms with Crippen LogP contribution in [0.15, 0.2) is 70.7 Å². The minimum absolute atomic E-state index is 0.154. The van der Waals surface area contributed by atoms with E-state index in [9.17, 15) is 9.59 Å². The van der Waals surface area contributed by atoms with Crippen molar-refractivity contribution in [2.24, 2.45) is 0 Å². The van der Waals surface area contributed by atoms with Crippen LogP contribution in [0.2, 0.25) is 0 Å². The van der Waals surface area contributed by atoms with Gasteiger partial charge in [-0.3, -0.25) is 9.59 Å². The van der Waals surface area contributed by atoms with Gasteiger partial charge in [0.15, 0.2) is 5.16 Å². The summed E-state index contributed by atoms with van der Waals surface area (Å²) in [4.78, 5) is 34.7. The maximum Gasteiger partial charge on any atom is 0.253 e. The highest BCUT2D eigenvalue weighted by Crippen LogP contribution is 2.21. The molecule has 1 N–H and O–H groups in total. The largest absolute Gasteiger partial charge is 0.467 e. The number of benzene rings is 1. The molecule has 2 aromatic heterocycles. The molecule has 0 saturated carbocycles. The van der Waals surface area contributed by atoms with Crippen molar-refractivity contribution in [2.45, 2.75) is 11.7 Å². The number of nitrogens with zero attached hydrogens (tertiary/aromatic N) is 3. The lowest BCUT2D eigenvalue weighted by molar-refractivity contribution is -0.115. The molecule has 3 rings (SSSR count). The van der Waals surface area contributed by atoms with E-state index in [1.165, 1.54) is 16.7 Å². The van der Waals surface area contributed by atoms with Crippen molar-refractivity contribution in [1.82, 2.24) is 15.3 Å². The molecule has 0 radical (unpaired) electrons. The maximum atomic E-state index is 12.6. The van der Waals surface area contributed by atoms with Crippen LogP contribution in [-0.4, -0.2) is 34.6 Å². The minimum Gasteiger partial charge on any atom is -0.467 e. The monoisotopic (exact) mass is 382 g/mol. The molecule has 0 spiro atoms. The third-order valence-corrected chi connectivity index (χ3v) is 4.61. The zero-order valence-corrected chi connectivity index (χ0v) is 15.5. The lowest BCUT2D eigenvalue weighted by Crippen LogP contribution is -2.31. The average molecular weight is 382 g/mol. The van der Waals surface area contributed by atoms with Gasteiger partial charge in [-0.2, -0.15) is 0 Å². The quantitative estimate of drug-likeness (QED) is 0.499. The van der Waals surface area contributed by atoms with Gasteiger partial charge in [0.2, 0.25) is 5.91 Å². The Morgan fingerprint density at radius 1 is 1.11 bits per heavy atom. The van der Waals surface area contributed by atoms with Gasteiger partial charge in [0.05, 0.1) is 29.8 Å². The molecule has 0 aliphatic heterocycles. The SMILES string of the molecule is CN(C(=O)CSc1ncccn1)c1ccccc1C(=O)NCc1ccco1. The van der Waals surface area contributed by atoms with Crippen molar-refractivity contribution >= 4 is 29.3 Å². The highest BCUT2D eigenvalue weighted by molar-refractivity contribution is 7.99. The van der Waals surface area contributed by atoms with Crippen LogP contribution in [0.25, 0.3) is 0 Å². The molecule has 0 fully saturated rings. The second-order valence-electron chi connectivity index (χ2n) is 5.55. The van der Waals surface area contributed by atoms with Gasteiger partial charge in [-0.05, 0) is 30.3 Å². The highest BCUT2D eigenvalue weighted by Gasteiger charge is 2.19. The summed E-state index contributed by atoms with van der Waals surface area (Å²) in [5.41, 5.74) is 0.954. The highest BCUT2D eigenvalue weighted by atomic mass is 32.2. The second-order valence-corrected chi connectivity index (χ2v) is 6.49. The van der Waals surface area contributed by atoms with Crippen molar-refractivity contribution in [2.75, 3.05) is 17.7 Å². The van der Waals surface area contributed by atoms with Gasteiger partial charge in [0, 0.05) is 19.4 Å². The number of carbonyl (C=O) groups is 2. The Labute approximate surface area is 160 Å². The van der Waals surface area contributed by atoms with Gasteiger partial charge in [-0.25, -0.2) is 9.97 Å². The number of carbonyl (C=O) groups excluding carboxylic acids is 2. The van der Waals surface area contributed by atoms with Gasteiger partial charge in [-0.15, -0.1) is 0 Å². The van der Waals surface area contributed by atoms with Crippen molar-refractivity contribution in [3.63, 3.8) is 0 Å². The predicted octanol–water partition coefficient (Wildman–Crippen LogP) is 2.75. The van der Waals surface area contributed by atoms with Crippen LogP contribution in [0, 0.1) is 0 Å². The fourth-order valence-electron chi connectivity index (χ4n) is 2.35. The number of nitrogens with one attached hydrogen (secondary N) is 1. The van der Waals surface area contributed by atoms with Crippen molar-refractivity contribution < 1.29 is 14.0 Å². The smallest absolute Gasteiger partial charge is 0.253 e. The molecule has 8 heteroatoms. The van der Waals surface area contributed by atoms with Gasteiger partial charge in [0.1, 0.15) is 5.76 Å². The summed E-state index contributed by atoms with van der Waals surface area (Å²) in [6.07, 6.45) is 4.81. The van der Waals surface area contributed by atoms with Crippen molar-refractivity contribution in [3.8, 4) is 0 Å². The zero-order valence-electron chi connectivity index (χ0n) is 14.7.